The van der Waals surface area contributed by atoms with Crippen LogP contribution in [0.5, 0.6) is 0 Å². The summed E-state index contributed by atoms with van der Waals surface area (Å²) in [4.78, 5) is 3.03. The average molecular weight is 354 g/mol. The van der Waals surface area contributed by atoms with Crippen LogP contribution in [0.25, 0.3) is 0 Å². The monoisotopic (exact) mass is 353 g/mol. The molecule has 0 aromatic heterocycles. The lowest BCUT2D eigenvalue weighted by atomic mass is 9.68. The molecule has 4 unspecified atom stereocenters. The van der Waals surface area contributed by atoms with E-state index in [0.29, 0.717) is 6.04 Å². The molecule has 3 nitrogen and oxygen atoms in total. The first-order valence-electron chi connectivity index (χ1n) is 11.1. The maximum absolute atomic E-state index is 6.18. The van der Waals surface area contributed by atoms with E-state index in [-0.39, 0.29) is 0 Å². The van der Waals surface area contributed by atoms with Crippen LogP contribution in [0.1, 0.15) is 70.6 Å². The zero-order valence-corrected chi connectivity index (χ0v) is 16.1. The van der Waals surface area contributed by atoms with Gasteiger partial charge >= 0.3 is 0 Å². The van der Waals surface area contributed by atoms with Gasteiger partial charge in [0, 0.05) is 24.2 Å². The number of anilines is 2. The van der Waals surface area contributed by atoms with Crippen LogP contribution in [0.2, 0.25) is 0 Å². The molecule has 2 saturated heterocycles. The summed E-state index contributed by atoms with van der Waals surface area (Å²) in [5.41, 5.74) is 8.20. The number of nitrogens with two attached hydrogens (primary N) is 1. The van der Waals surface area contributed by atoms with Crippen molar-refractivity contribution in [1.82, 2.24) is 4.90 Å². The molecule has 2 aliphatic heterocycles. The van der Waals surface area contributed by atoms with Gasteiger partial charge in [-0.15, -0.1) is 0 Å². The zero-order valence-electron chi connectivity index (χ0n) is 16.1. The van der Waals surface area contributed by atoms with E-state index < -0.39 is 0 Å². The standard InChI is InChI=1S/C23H35N3/c24-22-9-1-2-10-23(22)25-18-14-19-7-4-8-20(15-18)26(19)21-12-16-5-3-6-17(11-16)13-21/h1-2,9-10,16-21,25H,3-8,11-15,24H2/t16?,17?,18?,19-,20?,21?/m1/s1. The van der Waals surface area contributed by atoms with Gasteiger partial charge in [-0.25, -0.2) is 0 Å². The number of piperidine rings is 2. The lowest BCUT2D eigenvalue weighted by Gasteiger charge is -2.55. The Balaban J connectivity index is 1.29. The van der Waals surface area contributed by atoms with Crippen LogP contribution >= 0.6 is 0 Å². The van der Waals surface area contributed by atoms with Crippen molar-refractivity contribution in [3.05, 3.63) is 24.3 Å². The van der Waals surface area contributed by atoms with E-state index in [4.69, 9.17) is 5.73 Å². The molecule has 142 valence electrons. The highest BCUT2D eigenvalue weighted by molar-refractivity contribution is 5.66. The number of rotatable bonds is 3. The number of nitrogen functional groups attached to an aromatic ring is 1. The van der Waals surface area contributed by atoms with Crippen LogP contribution in [0.3, 0.4) is 0 Å². The van der Waals surface area contributed by atoms with Gasteiger partial charge in [0.05, 0.1) is 11.4 Å². The highest BCUT2D eigenvalue weighted by Gasteiger charge is 2.44. The minimum absolute atomic E-state index is 0.592. The largest absolute Gasteiger partial charge is 0.397 e. The second-order valence-electron chi connectivity index (χ2n) is 9.61. The van der Waals surface area contributed by atoms with Gasteiger partial charge in [-0.05, 0) is 68.9 Å². The van der Waals surface area contributed by atoms with Crippen molar-refractivity contribution in [3.63, 3.8) is 0 Å². The SMILES string of the molecule is Nc1ccccc1NC1CC2CCC[C@H](C1)N2C1CC2CCCC(C2)C1. The molecular formula is C23H35N3. The van der Waals surface area contributed by atoms with E-state index in [9.17, 15) is 0 Å². The molecule has 0 amide bonds. The molecule has 3 heteroatoms. The molecular weight excluding hydrogens is 318 g/mol. The molecule has 4 aliphatic rings. The van der Waals surface area contributed by atoms with Crippen LogP contribution in [0, 0.1) is 11.8 Å². The second-order valence-corrected chi connectivity index (χ2v) is 9.61. The van der Waals surface area contributed by atoms with Gasteiger partial charge in [0.2, 0.25) is 0 Å². The summed E-state index contributed by atoms with van der Waals surface area (Å²) in [6.07, 6.45) is 15.9. The summed E-state index contributed by atoms with van der Waals surface area (Å²) >= 11 is 0. The molecule has 1 aromatic rings. The highest BCUT2D eigenvalue weighted by atomic mass is 15.2. The summed E-state index contributed by atoms with van der Waals surface area (Å²) in [6.45, 7) is 0. The summed E-state index contributed by atoms with van der Waals surface area (Å²) in [5.74, 6) is 2.07. The Morgan fingerprint density at radius 2 is 1.42 bits per heavy atom. The molecule has 4 bridgehead atoms. The average Bonchev–Trinajstić information content (AvgIpc) is 2.62. The highest BCUT2D eigenvalue weighted by Crippen LogP contribution is 2.46. The van der Waals surface area contributed by atoms with E-state index in [1.54, 1.807) is 0 Å². The Bertz CT molecular complexity index is 604. The number of fused-ring (bicyclic) bond motifs is 4. The van der Waals surface area contributed by atoms with Gasteiger partial charge in [0.15, 0.2) is 0 Å². The van der Waals surface area contributed by atoms with Crippen molar-refractivity contribution in [2.45, 2.75) is 94.8 Å². The van der Waals surface area contributed by atoms with Crippen molar-refractivity contribution in [3.8, 4) is 0 Å². The fourth-order valence-electron chi connectivity index (χ4n) is 6.92. The molecule has 2 aliphatic carbocycles. The third-order valence-corrected chi connectivity index (χ3v) is 7.88. The van der Waals surface area contributed by atoms with Crippen LogP contribution in [0.4, 0.5) is 11.4 Å². The molecule has 4 fully saturated rings. The Morgan fingerprint density at radius 3 is 2.12 bits per heavy atom. The maximum Gasteiger partial charge on any atom is 0.0576 e. The van der Waals surface area contributed by atoms with Crippen LogP contribution in [0.15, 0.2) is 24.3 Å². The molecule has 0 radical (unpaired) electrons. The molecule has 5 atom stereocenters. The van der Waals surface area contributed by atoms with Crippen molar-refractivity contribution in [2.75, 3.05) is 11.1 Å². The topological polar surface area (TPSA) is 41.3 Å². The van der Waals surface area contributed by atoms with Gasteiger partial charge in [0.25, 0.3) is 0 Å². The van der Waals surface area contributed by atoms with Crippen molar-refractivity contribution >= 4 is 11.4 Å². The minimum atomic E-state index is 0.592. The molecule has 1 aromatic carbocycles. The molecule has 5 rings (SSSR count). The predicted octanol–water partition coefficient (Wildman–Crippen LogP) is 5.04. The third kappa shape index (κ3) is 3.24. The van der Waals surface area contributed by atoms with Crippen molar-refractivity contribution in [1.29, 1.82) is 0 Å². The second kappa shape index (κ2) is 7.07. The summed E-state index contributed by atoms with van der Waals surface area (Å²) in [5, 5.41) is 3.79. The number of nitrogens with zero attached hydrogens (tertiary/aromatic N) is 1. The maximum atomic E-state index is 6.18. The molecule has 2 saturated carbocycles. The Morgan fingerprint density at radius 1 is 0.769 bits per heavy atom. The number of hydrogen-bond acceptors (Lipinski definition) is 3. The van der Waals surface area contributed by atoms with Gasteiger partial charge in [0.1, 0.15) is 0 Å². The molecule has 0 spiro atoms. The number of hydrogen-bond donors (Lipinski definition) is 2. The van der Waals surface area contributed by atoms with Gasteiger partial charge in [-0.3, -0.25) is 4.90 Å². The van der Waals surface area contributed by atoms with Crippen molar-refractivity contribution in [2.24, 2.45) is 11.8 Å². The lowest BCUT2D eigenvalue weighted by molar-refractivity contribution is -0.0382. The summed E-state index contributed by atoms with van der Waals surface area (Å²) < 4.78 is 0. The normalized spacial score (nSPS) is 40.2. The first-order chi connectivity index (χ1) is 12.8. The Labute approximate surface area is 158 Å². The van der Waals surface area contributed by atoms with Gasteiger partial charge in [-0.1, -0.05) is 37.8 Å². The quantitative estimate of drug-likeness (QED) is 0.748. The number of para-hydroxylation sites is 2. The predicted molar refractivity (Wildman–Crippen MR) is 109 cm³/mol. The van der Waals surface area contributed by atoms with E-state index in [2.05, 4.69) is 22.3 Å². The minimum Gasteiger partial charge on any atom is -0.397 e. The summed E-state index contributed by atoms with van der Waals surface area (Å²) in [7, 11) is 0. The fraction of sp³-hybridized carbons (Fsp3) is 0.739. The van der Waals surface area contributed by atoms with Crippen molar-refractivity contribution < 1.29 is 0 Å². The van der Waals surface area contributed by atoms with E-state index in [0.717, 1.165) is 41.3 Å². The third-order valence-electron chi connectivity index (χ3n) is 7.88. The van der Waals surface area contributed by atoms with E-state index >= 15 is 0 Å². The molecule has 2 heterocycles. The number of benzene rings is 1. The Kier molecular flexibility index (Phi) is 4.60. The first kappa shape index (κ1) is 16.9. The summed E-state index contributed by atoms with van der Waals surface area (Å²) in [6, 6.07) is 11.3. The van der Waals surface area contributed by atoms with E-state index in [1.165, 1.54) is 70.6 Å². The fourth-order valence-corrected chi connectivity index (χ4v) is 6.92. The number of nitrogens with one attached hydrogen (secondary N) is 1. The van der Waals surface area contributed by atoms with E-state index in [1.807, 2.05) is 12.1 Å². The zero-order chi connectivity index (χ0) is 17.5. The van der Waals surface area contributed by atoms with Crippen LogP contribution in [-0.2, 0) is 0 Å². The lowest BCUT2D eigenvalue weighted by Crippen LogP contribution is -2.60. The smallest absolute Gasteiger partial charge is 0.0576 e. The van der Waals surface area contributed by atoms with Crippen LogP contribution < -0.4 is 11.1 Å². The molecule has 26 heavy (non-hydrogen) atoms. The first-order valence-corrected chi connectivity index (χ1v) is 11.1. The van der Waals surface area contributed by atoms with Gasteiger partial charge < -0.3 is 11.1 Å². The molecule has 3 N–H and O–H groups in total. The van der Waals surface area contributed by atoms with Gasteiger partial charge in [-0.2, -0.15) is 0 Å². The Hall–Kier alpha value is -1.22. The van der Waals surface area contributed by atoms with Crippen LogP contribution in [-0.4, -0.2) is 29.1 Å².